The summed E-state index contributed by atoms with van der Waals surface area (Å²) in [5.41, 5.74) is 0.267. The first-order valence-electron chi connectivity index (χ1n) is 6.26. The van der Waals surface area contributed by atoms with Gasteiger partial charge in [0.2, 0.25) is 0 Å². The van der Waals surface area contributed by atoms with Gasteiger partial charge in [0.15, 0.2) is 0 Å². The van der Waals surface area contributed by atoms with Gasteiger partial charge in [0.25, 0.3) is 21.6 Å². The van der Waals surface area contributed by atoms with Crippen molar-refractivity contribution in [3.05, 3.63) is 58.4 Å². The number of nitro groups is 1. The number of sulfonamides is 1. The summed E-state index contributed by atoms with van der Waals surface area (Å²) in [6.07, 6.45) is 4.62. The molecule has 1 amide bonds. The lowest BCUT2D eigenvalue weighted by molar-refractivity contribution is -0.384. The number of rotatable bonds is 5. The highest BCUT2D eigenvalue weighted by atomic mass is 32.2. The number of carbonyl (C=O) groups is 1. The Hall–Kier alpha value is -3.01. The smallest absolute Gasteiger partial charge is 0.270 e. The van der Waals surface area contributed by atoms with Gasteiger partial charge < -0.3 is 0 Å². The third-order valence-electron chi connectivity index (χ3n) is 2.73. The molecule has 23 heavy (non-hydrogen) atoms. The Labute approximate surface area is 131 Å². The maximum atomic E-state index is 11.9. The first-order chi connectivity index (χ1) is 10.8. The van der Waals surface area contributed by atoms with Gasteiger partial charge in [-0.1, -0.05) is 12.1 Å². The third-order valence-corrected chi connectivity index (χ3v) is 4.04. The van der Waals surface area contributed by atoms with E-state index in [0.717, 1.165) is 12.3 Å². The largest absolute Gasteiger partial charge is 0.274 e. The number of nitrogens with zero attached hydrogens (tertiary/aromatic N) is 3. The first kappa shape index (κ1) is 16.4. The van der Waals surface area contributed by atoms with Crippen LogP contribution in [0.5, 0.6) is 0 Å². The molecule has 0 aliphatic heterocycles. The summed E-state index contributed by atoms with van der Waals surface area (Å²) in [6, 6.07) is 5.58. The highest BCUT2D eigenvalue weighted by molar-refractivity contribution is 7.90. The molecule has 1 aromatic heterocycles. The number of nitrogens with one attached hydrogen (secondary N) is 1. The van der Waals surface area contributed by atoms with E-state index < -0.39 is 20.9 Å². The van der Waals surface area contributed by atoms with Gasteiger partial charge in [-0.2, -0.15) is 5.10 Å². The molecule has 10 heteroatoms. The second kappa shape index (κ2) is 6.40. The number of nitro benzene ring substituents is 1. The van der Waals surface area contributed by atoms with Crippen LogP contribution in [0.3, 0.4) is 0 Å². The van der Waals surface area contributed by atoms with Gasteiger partial charge in [0, 0.05) is 31.5 Å². The summed E-state index contributed by atoms with van der Waals surface area (Å²) in [7, 11) is -2.46. The van der Waals surface area contributed by atoms with Crippen LogP contribution in [0.4, 0.5) is 5.69 Å². The van der Waals surface area contributed by atoms with Crippen molar-refractivity contribution in [3.8, 4) is 0 Å². The number of non-ortho nitro benzene ring substituents is 1. The molecule has 1 N–H and O–H groups in total. The number of benzene rings is 1. The zero-order valence-corrected chi connectivity index (χ0v) is 12.7. The van der Waals surface area contributed by atoms with Gasteiger partial charge in [0.05, 0.1) is 11.1 Å². The van der Waals surface area contributed by atoms with Gasteiger partial charge in [-0.15, -0.1) is 0 Å². The number of carbonyl (C=O) groups excluding carboxylic acids is 1. The van der Waals surface area contributed by atoms with Crippen molar-refractivity contribution in [1.82, 2.24) is 14.5 Å². The Morgan fingerprint density at radius 1 is 1.43 bits per heavy atom. The quantitative estimate of drug-likeness (QED) is 0.490. The summed E-state index contributed by atoms with van der Waals surface area (Å²) >= 11 is 0. The second-order valence-electron chi connectivity index (χ2n) is 4.50. The third kappa shape index (κ3) is 4.23. The van der Waals surface area contributed by atoms with Crippen LogP contribution in [-0.4, -0.2) is 29.0 Å². The van der Waals surface area contributed by atoms with Crippen LogP contribution in [-0.2, 0) is 21.9 Å². The van der Waals surface area contributed by atoms with Gasteiger partial charge in [-0.3, -0.25) is 19.6 Å². The number of aromatic nitrogens is 2. The molecule has 2 aromatic rings. The van der Waals surface area contributed by atoms with E-state index in [1.165, 1.54) is 35.2 Å². The Balaban J connectivity index is 2.10. The lowest BCUT2D eigenvalue weighted by Gasteiger charge is -2.01. The molecule has 0 unspecified atom stereocenters. The lowest BCUT2D eigenvalue weighted by atomic mass is 10.2. The van der Waals surface area contributed by atoms with Crippen LogP contribution in [0.2, 0.25) is 0 Å². The Bertz CT molecular complexity index is 885. The lowest BCUT2D eigenvalue weighted by Crippen LogP contribution is -2.28. The van der Waals surface area contributed by atoms with Crippen molar-refractivity contribution in [2.45, 2.75) is 4.90 Å². The minimum atomic E-state index is -4.01. The van der Waals surface area contributed by atoms with Crippen molar-refractivity contribution >= 4 is 27.7 Å². The molecular weight excluding hydrogens is 324 g/mol. The average Bonchev–Trinajstić information content (AvgIpc) is 2.92. The molecule has 0 saturated carbocycles. The van der Waals surface area contributed by atoms with Crippen LogP contribution < -0.4 is 4.72 Å². The molecule has 0 radical (unpaired) electrons. The van der Waals surface area contributed by atoms with E-state index in [2.05, 4.69) is 5.10 Å². The summed E-state index contributed by atoms with van der Waals surface area (Å²) in [5.74, 6) is -0.875. The van der Waals surface area contributed by atoms with E-state index in [4.69, 9.17) is 0 Å². The first-order valence-corrected chi connectivity index (χ1v) is 7.74. The average molecular weight is 336 g/mol. The predicted molar refractivity (Wildman–Crippen MR) is 80.7 cm³/mol. The Morgan fingerprint density at radius 3 is 2.78 bits per heavy atom. The summed E-state index contributed by atoms with van der Waals surface area (Å²) in [6.45, 7) is 0. The van der Waals surface area contributed by atoms with Gasteiger partial charge in [0.1, 0.15) is 4.90 Å². The molecule has 0 fully saturated rings. The van der Waals surface area contributed by atoms with Crippen LogP contribution in [0.15, 0.2) is 47.6 Å². The van der Waals surface area contributed by atoms with Crippen LogP contribution in [0, 0.1) is 10.1 Å². The standard InChI is InChI=1S/C13H12N4O5S/c1-16-9-12(8-14-16)23(21,22)15-13(18)6-5-10-3-2-4-11(7-10)17(19)20/h2-9H,1H3,(H,15,18)/b6-5+. The van der Waals surface area contributed by atoms with Crippen LogP contribution in [0.25, 0.3) is 6.08 Å². The fraction of sp³-hybridized carbons (Fsp3) is 0.0769. The normalized spacial score (nSPS) is 11.5. The molecule has 0 bridgehead atoms. The zero-order valence-electron chi connectivity index (χ0n) is 11.9. The minimum Gasteiger partial charge on any atom is -0.274 e. The number of hydrogen-bond donors (Lipinski definition) is 1. The van der Waals surface area contributed by atoms with Gasteiger partial charge >= 0.3 is 0 Å². The fourth-order valence-electron chi connectivity index (χ4n) is 1.68. The van der Waals surface area contributed by atoms with E-state index in [9.17, 15) is 23.3 Å². The molecular formula is C13H12N4O5S. The SMILES string of the molecule is Cn1cc(S(=O)(=O)NC(=O)/C=C/c2cccc([N+](=O)[O-])c2)cn1. The molecule has 0 saturated heterocycles. The predicted octanol–water partition coefficient (Wildman–Crippen LogP) is 0.847. The molecule has 1 aromatic carbocycles. The molecule has 2 rings (SSSR count). The van der Waals surface area contributed by atoms with Gasteiger partial charge in [-0.25, -0.2) is 13.1 Å². The Morgan fingerprint density at radius 2 is 2.17 bits per heavy atom. The molecule has 120 valence electrons. The summed E-state index contributed by atoms with van der Waals surface area (Å²) in [5, 5.41) is 14.4. The maximum absolute atomic E-state index is 11.9. The number of hydrogen-bond acceptors (Lipinski definition) is 6. The number of aryl methyl sites for hydroxylation is 1. The summed E-state index contributed by atoms with van der Waals surface area (Å²) in [4.78, 5) is 21.6. The molecule has 0 atom stereocenters. The van der Waals surface area contributed by atoms with E-state index in [1.54, 1.807) is 13.1 Å². The topological polar surface area (TPSA) is 124 Å². The molecule has 1 heterocycles. The van der Waals surface area contributed by atoms with Crippen molar-refractivity contribution in [2.75, 3.05) is 0 Å². The van der Waals surface area contributed by atoms with Crippen molar-refractivity contribution in [2.24, 2.45) is 7.05 Å². The zero-order chi connectivity index (χ0) is 17.0. The summed E-state index contributed by atoms with van der Waals surface area (Å²) < 4.78 is 26.9. The van der Waals surface area contributed by atoms with Crippen LogP contribution in [0.1, 0.15) is 5.56 Å². The fourth-order valence-corrected chi connectivity index (χ4v) is 2.60. The van der Waals surface area contributed by atoms with E-state index in [0.29, 0.717) is 5.56 Å². The molecule has 9 nitrogen and oxygen atoms in total. The van der Waals surface area contributed by atoms with Gasteiger partial charge in [-0.05, 0) is 11.6 Å². The van der Waals surface area contributed by atoms with Crippen LogP contribution >= 0.6 is 0 Å². The minimum absolute atomic E-state index is 0.129. The highest BCUT2D eigenvalue weighted by Gasteiger charge is 2.17. The number of amides is 1. The second-order valence-corrected chi connectivity index (χ2v) is 6.19. The van der Waals surface area contributed by atoms with Crippen molar-refractivity contribution in [1.29, 1.82) is 0 Å². The molecule has 0 aliphatic carbocycles. The van der Waals surface area contributed by atoms with E-state index >= 15 is 0 Å². The monoisotopic (exact) mass is 336 g/mol. The van der Waals surface area contributed by atoms with Crippen molar-refractivity contribution < 1.29 is 18.1 Å². The molecule has 0 aliphatic rings. The molecule has 0 spiro atoms. The van der Waals surface area contributed by atoms with E-state index in [-0.39, 0.29) is 10.6 Å². The van der Waals surface area contributed by atoms with E-state index in [1.807, 2.05) is 4.72 Å². The maximum Gasteiger partial charge on any atom is 0.270 e. The Kier molecular flexibility index (Phi) is 4.55. The van der Waals surface area contributed by atoms with Crippen molar-refractivity contribution in [3.63, 3.8) is 0 Å². The highest BCUT2D eigenvalue weighted by Crippen LogP contribution is 2.14.